The molecule has 124 valence electrons. The van der Waals surface area contributed by atoms with Gasteiger partial charge in [0.15, 0.2) is 5.75 Å². The second-order valence-electron chi connectivity index (χ2n) is 4.93. The molecule has 1 aliphatic heterocycles. The number of hydrogen-bond donors (Lipinski definition) is 0. The molecule has 0 saturated heterocycles. The lowest BCUT2D eigenvalue weighted by Crippen LogP contribution is -2.38. The number of benzene rings is 1. The lowest BCUT2D eigenvalue weighted by Gasteiger charge is -2.31. The molecular formula is C13H12F3N3O3S. The summed E-state index contributed by atoms with van der Waals surface area (Å²) in [5, 5.41) is 3.79. The molecule has 1 aliphatic rings. The highest BCUT2D eigenvalue weighted by molar-refractivity contribution is 7.92. The van der Waals surface area contributed by atoms with Gasteiger partial charge in [-0.25, -0.2) is 8.42 Å². The van der Waals surface area contributed by atoms with Gasteiger partial charge in [0.1, 0.15) is 11.5 Å². The van der Waals surface area contributed by atoms with Crippen molar-refractivity contribution in [3.8, 4) is 5.75 Å². The van der Waals surface area contributed by atoms with E-state index in [0.717, 1.165) is 22.6 Å². The van der Waals surface area contributed by atoms with Gasteiger partial charge in [-0.05, 0) is 12.1 Å². The Morgan fingerprint density at radius 2 is 2.04 bits per heavy atom. The molecule has 0 atom stereocenters. The van der Waals surface area contributed by atoms with Crippen molar-refractivity contribution in [1.29, 1.82) is 0 Å². The van der Waals surface area contributed by atoms with E-state index in [-0.39, 0.29) is 23.7 Å². The van der Waals surface area contributed by atoms with Crippen LogP contribution in [0.1, 0.15) is 5.56 Å². The number of para-hydroxylation sites is 1. The summed E-state index contributed by atoms with van der Waals surface area (Å²) in [6, 6.07) is 3.30. The van der Waals surface area contributed by atoms with Gasteiger partial charge in [-0.2, -0.15) is 18.3 Å². The zero-order valence-electron chi connectivity index (χ0n) is 11.9. The standard InChI is InChI=1S/C13H12F3N3O3S/c1-18-8-9(7-17-18)23(20,21)19-5-6-22-12-10(13(14,15)16)3-2-4-11(12)19/h2-4,7-8H,5-6H2,1H3. The molecule has 0 saturated carbocycles. The van der Waals surface area contributed by atoms with Crippen LogP contribution in [0.4, 0.5) is 18.9 Å². The van der Waals surface area contributed by atoms with E-state index in [4.69, 9.17) is 4.74 Å². The number of alkyl halides is 3. The third kappa shape index (κ3) is 2.62. The van der Waals surface area contributed by atoms with Crippen molar-refractivity contribution >= 4 is 15.7 Å². The first-order valence-corrected chi connectivity index (χ1v) is 7.99. The van der Waals surface area contributed by atoms with Crippen LogP contribution in [0.3, 0.4) is 0 Å². The molecule has 2 heterocycles. The van der Waals surface area contributed by atoms with Crippen LogP contribution in [-0.4, -0.2) is 31.3 Å². The van der Waals surface area contributed by atoms with Crippen LogP contribution in [0.25, 0.3) is 0 Å². The Morgan fingerprint density at radius 3 is 2.65 bits per heavy atom. The maximum absolute atomic E-state index is 13.1. The molecule has 3 rings (SSSR count). The van der Waals surface area contributed by atoms with Gasteiger partial charge in [-0.1, -0.05) is 6.07 Å². The number of fused-ring (bicyclic) bond motifs is 1. The number of nitrogens with zero attached hydrogens (tertiary/aromatic N) is 3. The molecule has 0 unspecified atom stereocenters. The van der Waals surface area contributed by atoms with Crippen LogP contribution in [-0.2, 0) is 23.2 Å². The van der Waals surface area contributed by atoms with E-state index in [9.17, 15) is 21.6 Å². The summed E-state index contributed by atoms with van der Waals surface area (Å²) in [6.07, 6.45) is -2.19. The zero-order chi connectivity index (χ0) is 16.8. The van der Waals surface area contributed by atoms with Gasteiger partial charge >= 0.3 is 6.18 Å². The number of aryl methyl sites for hydroxylation is 1. The first-order valence-electron chi connectivity index (χ1n) is 6.55. The fourth-order valence-electron chi connectivity index (χ4n) is 2.36. The molecule has 10 heteroatoms. The summed E-state index contributed by atoms with van der Waals surface area (Å²) in [5.41, 5.74) is -1.13. The van der Waals surface area contributed by atoms with Gasteiger partial charge in [0, 0.05) is 13.2 Å². The highest BCUT2D eigenvalue weighted by Gasteiger charge is 2.39. The fraction of sp³-hybridized carbons (Fsp3) is 0.308. The number of rotatable bonds is 2. The first-order chi connectivity index (χ1) is 10.7. The molecular weight excluding hydrogens is 335 g/mol. The largest absolute Gasteiger partial charge is 0.489 e. The lowest BCUT2D eigenvalue weighted by atomic mass is 10.1. The SMILES string of the molecule is Cn1cc(S(=O)(=O)N2CCOc3c2cccc3C(F)(F)F)cn1. The molecule has 0 radical (unpaired) electrons. The van der Waals surface area contributed by atoms with E-state index >= 15 is 0 Å². The van der Waals surface area contributed by atoms with E-state index < -0.39 is 27.5 Å². The molecule has 0 fully saturated rings. The summed E-state index contributed by atoms with van der Waals surface area (Å²) in [5.74, 6) is -0.473. The van der Waals surface area contributed by atoms with Crippen molar-refractivity contribution in [2.75, 3.05) is 17.5 Å². The van der Waals surface area contributed by atoms with Crippen LogP contribution < -0.4 is 9.04 Å². The lowest BCUT2D eigenvalue weighted by molar-refractivity contribution is -0.139. The van der Waals surface area contributed by atoms with Gasteiger partial charge in [0.25, 0.3) is 10.0 Å². The second-order valence-corrected chi connectivity index (χ2v) is 6.79. The van der Waals surface area contributed by atoms with Crippen LogP contribution in [0.2, 0.25) is 0 Å². The Morgan fingerprint density at radius 1 is 1.30 bits per heavy atom. The van der Waals surface area contributed by atoms with Gasteiger partial charge in [0.2, 0.25) is 0 Å². The molecule has 0 amide bonds. The van der Waals surface area contributed by atoms with Crippen molar-refractivity contribution in [3.05, 3.63) is 36.2 Å². The zero-order valence-corrected chi connectivity index (χ0v) is 12.7. The number of halogens is 3. The van der Waals surface area contributed by atoms with E-state index in [0.29, 0.717) is 0 Å². The molecule has 0 aliphatic carbocycles. The normalized spacial score (nSPS) is 15.2. The average Bonchev–Trinajstić information content (AvgIpc) is 2.92. The summed E-state index contributed by atoms with van der Waals surface area (Å²) in [7, 11) is -2.46. The van der Waals surface area contributed by atoms with Crippen LogP contribution >= 0.6 is 0 Å². The molecule has 23 heavy (non-hydrogen) atoms. The van der Waals surface area contributed by atoms with Crippen molar-refractivity contribution < 1.29 is 26.3 Å². The van der Waals surface area contributed by atoms with Crippen molar-refractivity contribution in [3.63, 3.8) is 0 Å². The summed E-state index contributed by atoms with van der Waals surface area (Å²) in [6.45, 7) is -0.245. The summed E-state index contributed by atoms with van der Waals surface area (Å²) >= 11 is 0. The van der Waals surface area contributed by atoms with Gasteiger partial charge in [-0.3, -0.25) is 8.99 Å². The Balaban J connectivity index is 2.13. The molecule has 6 nitrogen and oxygen atoms in total. The highest BCUT2D eigenvalue weighted by Crippen LogP contribution is 2.44. The molecule has 1 aromatic carbocycles. The molecule has 0 spiro atoms. The third-order valence-electron chi connectivity index (χ3n) is 3.38. The predicted molar refractivity (Wildman–Crippen MR) is 74.7 cm³/mol. The number of aromatic nitrogens is 2. The predicted octanol–water partition coefficient (Wildman–Crippen LogP) is 2.03. The number of sulfonamides is 1. The van der Waals surface area contributed by atoms with E-state index in [2.05, 4.69) is 5.10 Å². The minimum atomic E-state index is -4.63. The smallest absolute Gasteiger partial charge is 0.420 e. The number of anilines is 1. The minimum Gasteiger partial charge on any atom is -0.489 e. The quantitative estimate of drug-likeness (QED) is 0.834. The van der Waals surface area contributed by atoms with Crippen molar-refractivity contribution in [2.24, 2.45) is 7.05 Å². The summed E-state index contributed by atoms with van der Waals surface area (Å²) < 4.78 is 71.8. The molecule has 0 bridgehead atoms. The van der Waals surface area contributed by atoms with Crippen molar-refractivity contribution in [1.82, 2.24) is 9.78 Å². The van der Waals surface area contributed by atoms with Crippen molar-refractivity contribution in [2.45, 2.75) is 11.1 Å². The van der Waals surface area contributed by atoms with Gasteiger partial charge in [0.05, 0.1) is 24.0 Å². The maximum atomic E-state index is 13.1. The Bertz CT molecular complexity index is 846. The number of hydrogen-bond acceptors (Lipinski definition) is 4. The van der Waals surface area contributed by atoms with Gasteiger partial charge in [-0.15, -0.1) is 0 Å². The molecule has 0 N–H and O–H groups in total. The average molecular weight is 347 g/mol. The summed E-state index contributed by atoms with van der Waals surface area (Å²) in [4.78, 5) is -0.0924. The van der Waals surface area contributed by atoms with Crippen LogP contribution in [0.5, 0.6) is 5.75 Å². The van der Waals surface area contributed by atoms with Gasteiger partial charge < -0.3 is 4.74 Å². The Labute approximate surface area is 130 Å². The first kappa shape index (κ1) is 15.7. The second kappa shape index (κ2) is 5.15. The third-order valence-corrected chi connectivity index (χ3v) is 5.14. The Hall–Kier alpha value is -2.23. The van der Waals surface area contributed by atoms with E-state index in [1.807, 2.05) is 0 Å². The van der Waals surface area contributed by atoms with E-state index in [1.54, 1.807) is 7.05 Å². The number of ether oxygens (including phenoxy) is 1. The molecule has 2 aromatic rings. The highest BCUT2D eigenvalue weighted by atomic mass is 32.2. The maximum Gasteiger partial charge on any atom is 0.420 e. The minimum absolute atomic E-state index is 0.0778. The monoisotopic (exact) mass is 347 g/mol. The fourth-order valence-corrected chi connectivity index (χ4v) is 3.79. The topological polar surface area (TPSA) is 64.4 Å². The van der Waals surface area contributed by atoms with E-state index in [1.165, 1.54) is 16.9 Å². The van der Waals surface area contributed by atoms with Crippen LogP contribution in [0.15, 0.2) is 35.5 Å². The molecule has 1 aromatic heterocycles. The Kier molecular flexibility index (Phi) is 3.51. The van der Waals surface area contributed by atoms with Crippen LogP contribution in [0, 0.1) is 0 Å².